The van der Waals surface area contributed by atoms with Crippen molar-refractivity contribution in [3.8, 4) is 0 Å². The minimum Gasteiger partial charge on any atom is -0.469 e. The first-order valence-corrected chi connectivity index (χ1v) is 6.15. The van der Waals surface area contributed by atoms with Crippen LogP contribution in [0.15, 0.2) is 16.7 Å². The summed E-state index contributed by atoms with van der Waals surface area (Å²) in [4.78, 5) is 0. The summed E-state index contributed by atoms with van der Waals surface area (Å²) >= 11 is 0. The molecule has 16 heavy (non-hydrogen) atoms. The van der Waals surface area contributed by atoms with Gasteiger partial charge in [0.15, 0.2) is 0 Å². The molecule has 3 nitrogen and oxygen atoms in total. The van der Waals surface area contributed by atoms with E-state index in [-0.39, 0.29) is 5.54 Å². The molecule has 1 aromatic rings. The molecule has 2 aliphatic rings. The largest absolute Gasteiger partial charge is 0.469 e. The van der Waals surface area contributed by atoms with Crippen LogP contribution in [-0.4, -0.2) is 19.3 Å². The monoisotopic (exact) mass is 221 g/mol. The van der Waals surface area contributed by atoms with Gasteiger partial charge in [-0.1, -0.05) is 13.8 Å². The van der Waals surface area contributed by atoms with Crippen molar-refractivity contribution >= 4 is 0 Å². The fourth-order valence-electron chi connectivity index (χ4n) is 2.92. The summed E-state index contributed by atoms with van der Waals surface area (Å²) in [7, 11) is 0. The van der Waals surface area contributed by atoms with Crippen LogP contribution in [0.4, 0.5) is 0 Å². The molecular weight excluding hydrogens is 202 g/mol. The number of nitrogens with one attached hydrogen (secondary N) is 1. The van der Waals surface area contributed by atoms with E-state index in [9.17, 15) is 0 Å². The lowest BCUT2D eigenvalue weighted by Gasteiger charge is -2.33. The number of hydrogen-bond acceptors (Lipinski definition) is 3. The van der Waals surface area contributed by atoms with Gasteiger partial charge in [0.2, 0.25) is 0 Å². The molecule has 0 radical (unpaired) electrons. The molecule has 1 spiro atoms. The Morgan fingerprint density at radius 3 is 3.12 bits per heavy atom. The van der Waals surface area contributed by atoms with Crippen molar-refractivity contribution in [3.63, 3.8) is 0 Å². The fraction of sp³-hybridized carbons (Fsp3) is 0.692. The zero-order valence-electron chi connectivity index (χ0n) is 9.95. The van der Waals surface area contributed by atoms with Gasteiger partial charge in [-0.25, -0.2) is 0 Å². The van der Waals surface area contributed by atoms with E-state index >= 15 is 0 Å². The molecule has 88 valence electrons. The van der Waals surface area contributed by atoms with Crippen LogP contribution in [0.25, 0.3) is 0 Å². The molecule has 1 fully saturated rings. The van der Waals surface area contributed by atoms with Gasteiger partial charge in [-0.3, -0.25) is 0 Å². The molecular formula is C13H19NO2. The van der Waals surface area contributed by atoms with Crippen LogP contribution < -0.4 is 5.32 Å². The SMILES string of the molecule is CC(C)C1CC2(CO1)NCCc1occc12. The topological polar surface area (TPSA) is 34.4 Å². The number of ether oxygens (including phenoxy) is 1. The lowest BCUT2D eigenvalue weighted by Crippen LogP contribution is -2.47. The Morgan fingerprint density at radius 2 is 2.38 bits per heavy atom. The molecule has 0 saturated carbocycles. The quantitative estimate of drug-likeness (QED) is 0.788. The van der Waals surface area contributed by atoms with E-state index in [1.54, 1.807) is 0 Å². The third-order valence-corrected chi connectivity index (χ3v) is 3.91. The number of hydrogen-bond donors (Lipinski definition) is 1. The van der Waals surface area contributed by atoms with Crippen molar-refractivity contribution in [2.75, 3.05) is 13.2 Å². The summed E-state index contributed by atoms with van der Waals surface area (Å²) in [5.74, 6) is 1.73. The van der Waals surface area contributed by atoms with Crippen LogP contribution in [-0.2, 0) is 16.7 Å². The van der Waals surface area contributed by atoms with E-state index in [0.717, 1.165) is 31.8 Å². The Labute approximate surface area is 96.2 Å². The van der Waals surface area contributed by atoms with E-state index in [1.165, 1.54) is 5.56 Å². The second kappa shape index (κ2) is 3.60. The van der Waals surface area contributed by atoms with Crippen molar-refractivity contribution in [2.45, 2.75) is 38.3 Å². The van der Waals surface area contributed by atoms with E-state index < -0.39 is 0 Å². The maximum atomic E-state index is 5.93. The van der Waals surface area contributed by atoms with Crippen LogP contribution in [0.2, 0.25) is 0 Å². The highest BCUT2D eigenvalue weighted by Crippen LogP contribution is 2.40. The maximum absolute atomic E-state index is 5.93. The van der Waals surface area contributed by atoms with Crippen molar-refractivity contribution in [3.05, 3.63) is 23.7 Å². The lowest BCUT2D eigenvalue weighted by molar-refractivity contribution is 0.0689. The summed E-state index contributed by atoms with van der Waals surface area (Å²) in [6, 6.07) is 2.10. The van der Waals surface area contributed by atoms with Crippen molar-refractivity contribution in [1.29, 1.82) is 0 Å². The van der Waals surface area contributed by atoms with E-state index in [0.29, 0.717) is 12.0 Å². The van der Waals surface area contributed by atoms with Gasteiger partial charge in [-0.05, 0) is 18.4 Å². The Bertz CT molecular complexity index is 385. The van der Waals surface area contributed by atoms with Crippen LogP contribution >= 0.6 is 0 Å². The van der Waals surface area contributed by atoms with Gasteiger partial charge in [0.1, 0.15) is 5.76 Å². The fourth-order valence-corrected chi connectivity index (χ4v) is 2.92. The smallest absolute Gasteiger partial charge is 0.110 e. The second-order valence-corrected chi connectivity index (χ2v) is 5.31. The Kier molecular flexibility index (Phi) is 2.33. The van der Waals surface area contributed by atoms with E-state index in [4.69, 9.17) is 9.15 Å². The molecule has 1 N–H and O–H groups in total. The third-order valence-electron chi connectivity index (χ3n) is 3.91. The lowest BCUT2D eigenvalue weighted by atomic mass is 9.82. The highest BCUT2D eigenvalue weighted by atomic mass is 16.5. The molecule has 0 aliphatic carbocycles. The average Bonchev–Trinajstić information content (AvgIpc) is 2.86. The van der Waals surface area contributed by atoms with Gasteiger partial charge < -0.3 is 14.5 Å². The predicted molar refractivity (Wildman–Crippen MR) is 61.3 cm³/mol. The highest BCUT2D eigenvalue weighted by molar-refractivity contribution is 5.31. The molecule has 3 heteroatoms. The van der Waals surface area contributed by atoms with Crippen molar-refractivity contribution in [1.82, 2.24) is 5.32 Å². The third kappa shape index (κ3) is 1.42. The molecule has 0 bridgehead atoms. The molecule has 1 saturated heterocycles. The van der Waals surface area contributed by atoms with Gasteiger partial charge in [0, 0.05) is 18.5 Å². The molecule has 0 aromatic carbocycles. The highest BCUT2D eigenvalue weighted by Gasteiger charge is 2.45. The van der Waals surface area contributed by atoms with Gasteiger partial charge in [0.25, 0.3) is 0 Å². The van der Waals surface area contributed by atoms with Crippen LogP contribution in [0.5, 0.6) is 0 Å². The molecule has 2 unspecified atom stereocenters. The normalized spacial score (nSPS) is 33.6. The first-order valence-electron chi connectivity index (χ1n) is 6.15. The van der Waals surface area contributed by atoms with Crippen molar-refractivity contribution < 1.29 is 9.15 Å². The second-order valence-electron chi connectivity index (χ2n) is 5.31. The average molecular weight is 221 g/mol. The first-order chi connectivity index (χ1) is 7.71. The first kappa shape index (κ1) is 10.4. The van der Waals surface area contributed by atoms with Gasteiger partial charge >= 0.3 is 0 Å². The maximum Gasteiger partial charge on any atom is 0.110 e. The summed E-state index contributed by atoms with van der Waals surface area (Å²) in [6.45, 7) is 6.22. The molecule has 0 amide bonds. The summed E-state index contributed by atoms with van der Waals surface area (Å²) < 4.78 is 11.5. The zero-order chi connectivity index (χ0) is 11.2. The van der Waals surface area contributed by atoms with Crippen LogP contribution in [0.1, 0.15) is 31.6 Å². The van der Waals surface area contributed by atoms with Gasteiger partial charge in [0.05, 0.1) is 24.5 Å². The number of rotatable bonds is 1. The van der Waals surface area contributed by atoms with E-state index in [1.807, 2.05) is 6.26 Å². The Morgan fingerprint density at radius 1 is 1.50 bits per heavy atom. The molecule has 3 heterocycles. The predicted octanol–water partition coefficient (Wildman–Crippen LogP) is 2.07. The van der Waals surface area contributed by atoms with Crippen LogP contribution in [0.3, 0.4) is 0 Å². The summed E-state index contributed by atoms with van der Waals surface area (Å²) in [6.07, 6.45) is 4.24. The van der Waals surface area contributed by atoms with Gasteiger partial charge in [-0.2, -0.15) is 0 Å². The van der Waals surface area contributed by atoms with Gasteiger partial charge in [-0.15, -0.1) is 0 Å². The Balaban J connectivity index is 1.92. The number of fused-ring (bicyclic) bond motifs is 2. The molecule has 2 aliphatic heterocycles. The van der Waals surface area contributed by atoms with Crippen LogP contribution in [0, 0.1) is 5.92 Å². The Hall–Kier alpha value is -0.800. The minimum absolute atomic E-state index is 0.0233. The number of furan rings is 1. The van der Waals surface area contributed by atoms with Crippen molar-refractivity contribution in [2.24, 2.45) is 5.92 Å². The molecule has 2 atom stereocenters. The molecule has 1 aromatic heterocycles. The summed E-state index contributed by atoms with van der Waals surface area (Å²) in [5, 5.41) is 3.64. The summed E-state index contributed by atoms with van der Waals surface area (Å²) in [5.41, 5.74) is 1.34. The minimum atomic E-state index is 0.0233. The zero-order valence-corrected chi connectivity index (χ0v) is 9.95. The standard InChI is InChI=1S/C13H19NO2/c1-9(2)12-7-13(8-16-12)10-4-6-15-11(10)3-5-14-13/h4,6,9,12,14H,3,5,7-8H2,1-2H3. The van der Waals surface area contributed by atoms with E-state index in [2.05, 4.69) is 25.2 Å². The molecule has 3 rings (SSSR count).